The predicted molar refractivity (Wildman–Crippen MR) is 115 cm³/mol. The Labute approximate surface area is 179 Å². The Hall–Kier alpha value is -4.01. The van der Waals surface area contributed by atoms with Crippen molar-refractivity contribution in [3.8, 4) is 34.5 Å². The molecule has 9 heteroatoms. The van der Waals surface area contributed by atoms with Gasteiger partial charge >= 0.3 is 6.01 Å². The zero-order chi connectivity index (χ0) is 22.2. The molecule has 1 N–H and O–H groups in total. The van der Waals surface area contributed by atoms with Crippen LogP contribution in [-0.2, 0) is 4.79 Å². The number of hydrogen-bond donors (Lipinski definition) is 1. The molecule has 0 bridgehead atoms. The van der Waals surface area contributed by atoms with E-state index < -0.39 is 5.91 Å². The van der Waals surface area contributed by atoms with Crippen molar-refractivity contribution in [3.63, 3.8) is 0 Å². The van der Waals surface area contributed by atoms with Gasteiger partial charge in [0.1, 0.15) is 5.75 Å². The minimum Gasteiger partial charge on any atom is -0.494 e. The number of benzene rings is 2. The van der Waals surface area contributed by atoms with E-state index in [1.165, 1.54) is 27.4 Å². The number of methoxy groups -OCH3 is 3. The van der Waals surface area contributed by atoms with Crippen LogP contribution in [0.3, 0.4) is 0 Å². The van der Waals surface area contributed by atoms with Crippen LogP contribution in [0, 0.1) is 0 Å². The topological polar surface area (TPSA) is 105 Å². The van der Waals surface area contributed by atoms with Crippen molar-refractivity contribution in [1.29, 1.82) is 0 Å². The number of anilines is 1. The Balaban J connectivity index is 1.68. The molecular weight excluding hydrogens is 402 g/mol. The average molecular weight is 425 g/mol. The lowest BCUT2D eigenvalue weighted by molar-refractivity contribution is -0.112. The van der Waals surface area contributed by atoms with E-state index in [1.54, 1.807) is 42.5 Å². The van der Waals surface area contributed by atoms with E-state index in [2.05, 4.69) is 15.5 Å². The Morgan fingerprint density at radius 3 is 2.29 bits per heavy atom. The van der Waals surface area contributed by atoms with E-state index in [9.17, 15) is 4.79 Å². The van der Waals surface area contributed by atoms with E-state index in [0.29, 0.717) is 35.0 Å². The predicted octanol–water partition coefficient (Wildman–Crippen LogP) is 3.81. The van der Waals surface area contributed by atoms with Gasteiger partial charge in [-0.2, -0.15) is 0 Å². The fourth-order valence-corrected chi connectivity index (χ4v) is 2.77. The maximum absolute atomic E-state index is 12.3. The Morgan fingerprint density at radius 1 is 1.03 bits per heavy atom. The van der Waals surface area contributed by atoms with Crippen molar-refractivity contribution in [2.45, 2.75) is 6.92 Å². The number of ether oxygens (including phenoxy) is 4. The summed E-state index contributed by atoms with van der Waals surface area (Å²) in [6.45, 7) is 2.50. The molecule has 0 atom stereocenters. The molecule has 0 saturated heterocycles. The first-order valence-electron chi connectivity index (χ1n) is 9.43. The number of nitrogens with one attached hydrogen (secondary N) is 1. The molecule has 1 heterocycles. The van der Waals surface area contributed by atoms with Crippen molar-refractivity contribution in [1.82, 2.24) is 10.2 Å². The van der Waals surface area contributed by atoms with Crippen LogP contribution in [0.2, 0.25) is 0 Å². The number of aromatic nitrogens is 2. The first-order valence-corrected chi connectivity index (χ1v) is 9.43. The standard InChI is InChI=1S/C22H23N3O6/c1-5-30-16-9-7-15(8-10-16)21-24-25-22(31-21)23-19(26)11-6-14-12-17(27-2)20(29-4)18(13-14)28-3/h6-13H,5H2,1-4H3,(H,23,25,26). The summed E-state index contributed by atoms with van der Waals surface area (Å²) in [7, 11) is 4.57. The van der Waals surface area contributed by atoms with Crippen molar-refractivity contribution in [3.05, 3.63) is 48.0 Å². The van der Waals surface area contributed by atoms with Crippen LogP contribution < -0.4 is 24.3 Å². The second kappa shape index (κ2) is 10.1. The maximum atomic E-state index is 12.3. The number of hydrogen-bond acceptors (Lipinski definition) is 8. The zero-order valence-corrected chi connectivity index (χ0v) is 17.7. The first kappa shape index (κ1) is 21.7. The first-order chi connectivity index (χ1) is 15.1. The third kappa shape index (κ3) is 5.33. The normalized spacial score (nSPS) is 10.7. The fourth-order valence-electron chi connectivity index (χ4n) is 2.77. The third-order valence-corrected chi connectivity index (χ3v) is 4.18. The molecule has 0 saturated carbocycles. The van der Waals surface area contributed by atoms with Gasteiger partial charge < -0.3 is 23.4 Å². The molecule has 0 fully saturated rings. The monoisotopic (exact) mass is 425 g/mol. The number of nitrogens with zero attached hydrogens (tertiary/aromatic N) is 2. The molecular formula is C22H23N3O6. The minimum absolute atomic E-state index is 0.0107. The van der Waals surface area contributed by atoms with E-state index in [-0.39, 0.29) is 11.9 Å². The largest absolute Gasteiger partial charge is 0.494 e. The van der Waals surface area contributed by atoms with Crippen LogP contribution in [0.5, 0.6) is 23.0 Å². The number of amides is 1. The van der Waals surface area contributed by atoms with Crippen LogP contribution in [0.15, 0.2) is 46.9 Å². The summed E-state index contributed by atoms with van der Waals surface area (Å²) in [5, 5.41) is 10.3. The van der Waals surface area contributed by atoms with Gasteiger partial charge in [0.2, 0.25) is 11.6 Å². The summed E-state index contributed by atoms with van der Waals surface area (Å²) in [5.74, 6) is 2.04. The van der Waals surface area contributed by atoms with E-state index in [0.717, 1.165) is 5.75 Å². The maximum Gasteiger partial charge on any atom is 0.322 e. The molecule has 0 aliphatic carbocycles. The van der Waals surface area contributed by atoms with Crippen LogP contribution in [-0.4, -0.2) is 44.0 Å². The van der Waals surface area contributed by atoms with Gasteiger partial charge in [0.05, 0.1) is 27.9 Å². The lowest BCUT2D eigenvalue weighted by Crippen LogP contribution is -2.07. The van der Waals surface area contributed by atoms with Crippen LogP contribution in [0.4, 0.5) is 6.01 Å². The number of carbonyl (C=O) groups is 1. The van der Waals surface area contributed by atoms with Crippen LogP contribution >= 0.6 is 0 Å². The second-order valence-electron chi connectivity index (χ2n) is 6.15. The Kier molecular flexibility index (Phi) is 7.10. The molecule has 162 valence electrons. The summed E-state index contributed by atoms with van der Waals surface area (Å²) in [6.07, 6.45) is 2.94. The third-order valence-electron chi connectivity index (χ3n) is 4.18. The van der Waals surface area contributed by atoms with Gasteiger partial charge in [0, 0.05) is 11.6 Å². The van der Waals surface area contributed by atoms with Gasteiger partial charge in [-0.3, -0.25) is 10.1 Å². The van der Waals surface area contributed by atoms with Gasteiger partial charge in [0.15, 0.2) is 11.5 Å². The molecule has 31 heavy (non-hydrogen) atoms. The Morgan fingerprint density at radius 2 is 1.71 bits per heavy atom. The van der Waals surface area contributed by atoms with Crippen LogP contribution in [0.25, 0.3) is 17.5 Å². The Bertz CT molecular complexity index is 1030. The van der Waals surface area contributed by atoms with Gasteiger partial charge in [0.25, 0.3) is 5.91 Å². The van der Waals surface area contributed by atoms with E-state index in [1.807, 2.05) is 6.92 Å². The molecule has 1 amide bonds. The van der Waals surface area contributed by atoms with Crippen LogP contribution in [0.1, 0.15) is 12.5 Å². The van der Waals surface area contributed by atoms with E-state index in [4.69, 9.17) is 23.4 Å². The lowest BCUT2D eigenvalue weighted by atomic mass is 10.1. The van der Waals surface area contributed by atoms with Crippen molar-refractivity contribution in [2.24, 2.45) is 0 Å². The second-order valence-corrected chi connectivity index (χ2v) is 6.15. The highest BCUT2D eigenvalue weighted by molar-refractivity contribution is 6.00. The summed E-state index contributed by atoms with van der Waals surface area (Å²) in [4.78, 5) is 12.3. The van der Waals surface area contributed by atoms with Crippen molar-refractivity contribution in [2.75, 3.05) is 33.3 Å². The fraction of sp³-hybridized carbons (Fsp3) is 0.227. The van der Waals surface area contributed by atoms with Gasteiger partial charge in [-0.05, 0) is 55.0 Å². The molecule has 3 aromatic rings. The molecule has 3 rings (SSSR count). The highest BCUT2D eigenvalue weighted by atomic mass is 16.5. The zero-order valence-electron chi connectivity index (χ0n) is 17.7. The molecule has 0 aliphatic heterocycles. The molecule has 2 aromatic carbocycles. The molecule has 0 aliphatic rings. The number of rotatable bonds is 9. The summed E-state index contributed by atoms with van der Waals surface area (Å²) in [5.41, 5.74) is 1.40. The number of carbonyl (C=O) groups excluding carboxylic acids is 1. The minimum atomic E-state index is -0.435. The van der Waals surface area contributed by atoms with Crippen molar-refractivity contribution >= 4 is 18.0 Å². The van der Waals surface area contributed by atoms with Crippen molar-refractivity contribution < 1.29 is 28.2 Å². The van der Waals surface area contributed by atoms with E-state index >= 15 is 0 Å². The molecule has 9 nitrogen and oxygen atoms in total. The summed E-state index contributed by atoms with van der Waals surface area (Å²) < 4.78 is 26.8. The van der Waals surface area contributed by atoms with Gasteiger partial charge in [-0.1, -0.05) is 5.10 Å². The summed E-state index contributed by atoms with van der Waals surface area (Å²) >= 11 is 0. The lowest BCUT2D eigenvalue weighted by Gasteiger charge is -2.12. The summed E-state index contributed by atoms with van der Waals surface area (Å²) in [6, 6.07) is 10.7. The van der Waals surface area contributed by atoms with Gasteiger partial charge in [-0.15, -0.1) is 5.10 Å². The quantitative estimate of drug-likeness (QED) is 0.516. The smallest absolute Gasteiger partial charge is 0.322 e. The highest BCUT2D eigenvalue weighted by Crippen LogP contribution is 2.38. The SMILES string of the molecule is CCOc1ccc(-c2nnc(NC(=O)C=Cc3cc(OC)c(OC)c(OC)c3)o2)cc1. The van der Waals surface area contributed by atoms with Gasteiger partial charge in [-0.25, -0.2) is 0 Å². The highest BCUT2D eigenvalue weighted by Gasteiger charge is 2.13. The average Bonchev–Trinajstić information content (AvgIpc) is 3.25. The molecule has 0 spiro atoms. The molecule has 0 radical (unpaired) electrons. The molecule has 1 aromatic heterocycles. The molecule has 0 unspecified atom stereocenters.